The van der Waals surface area contributed by atoms with E-state index in [2.05, 4.69) is 15.2 Å². The molecule has 0 bridgehead atoms. The maximum Gasteiger partial charge on any atom is 0.255 e. The van der Waals surface area contributed by atoms with Crippen LogP contribution in [0.15, 0.2) is 51.8 Å². The molecule has 0 unspecified atom stereocenters. The van der Waals surface area contributed by atoms with Gasteiger partial charge in [-0.2, -0.15) is 5.10 Å². The summed E-state index contributed by atoms with van der Waals surface area (Å²) in [7, 11) is -3.69. The number of hydrogen-bond acceptors (Lipinski definition) is 5. The van der Waals surface area contributed by atoms with Gasteiger partial charge in [-0.3, -0.25) is 4.79 Å². The molecule has 0 saturated heterocycles. The smallest absolute Gasteiger partial charge is 0.255 e. The standard InChI is InChI=1S/C14H15N3O3S2/c1-11-7-8-21-13(11)9-15-17-14(18)10-16-22(19,20)12-5-3-2-4-6-12/h2-9,16H,10H2,1H3,(H,17,18)/b15-9-. The minimum Gasteiger partial charge on any atom is -0.272 e. The zero-order valence-corrected chi connectivity index (χ0v) is 13.4. The molecule has 2 aromatic rings. The van der Waals surface area contributed by atoms with E-state index in [4.69, 9.17) is 0 Å². The predicted molar refractivity (Wildman–Crippen MR) is 86.4 cm³/mol. The van der Waals surface area contributed by atoms with Crippen LogP contribution in [0.5, 0.6) is 0 Å². The Labute approximate surface area is 132 Å². The van der Waals surface area contributed by atoms with Crippen molar-refractivity contribution >= 4 is 33.5 Å². The van der Waals surface area contributed by atoms with Crippen molar-refractivity contribution < 1.29 is 13.2 Å². The Hall–Kier alpha value is -2.03. The first-order valence-corrected chi connectivity index (χ1v) is 8.76. The third-order valence-electron chi connectivity index (χ3n) is 2.75. The Balaban J connectivity index is 1.86. The van der Waals surface area contributed by atoms with Crippen molar-refractivity contribution in [1.82, 2.24) is 10.1 Å². The highest BCUT2D eigenvalue weighted by Gasteiger charge is 2.14. The third-order valence-corrected chi connectivity index (χ3v) is 5.12. The average Bonchev–Trinajstić information content (AvgIpc) is 2.92. The highest BCUT2D eigenvalue weighted by molar-refractivity contribution is 7.89. The van der Waals surface area contributed by atoms with Gasteiger partial charge in [0.2, 0.25) is 10.0 Å². The highest BCUT2D eigenvalue weighted by Crippen LogP contribution is 2.12. The molecule has 1 aromatic heterocycles. The normalized spacial score (nSPS) is 11.7. The summed E-state index contributed by atoms with van der Waals surface area (Å²) in [6.07, 6.45) is 1.53. The summed E-state index contributed by atoms with van der Waals surface area (Å²) < 4.78 is 26.0. The first kappa shape index (κ1) is 16.3. The van der Waals surface area contributed by atoms with Crippen LogP contribution in [0, 0.1) is 6.92 Å². The van der Waals surface area contributed by atoms with Gasteiger partial charge in [0.05, 0.1) is 17.7 Å². The summed E-state index contributed by atoms with van der Waals surface area (Å²) in [5.41, 5.74) is 3.35. The summed E-state index contributed by atoms with van der Waals surface area (Å²) in [5.74, 6) is -0.537. The molecule has 116 valence electrons. The van der Waals surface area contributed by atoms with Crippen LogP contribution in [0.3, 0.4) is 0 Å². The van der Waals surface area contributed by atoms with Crippen molar-refractivity contribution in [2.24, 2.45) is 5.10 Å². The average molecular weight is 337 g/mol. The van der Waals surface area contributed by atoms with E-state index in [-0.39, 0.29) is 11.4 Å². The summed E-state index contributed by atoms with van der Waals surface area (Å²) in [6, 6.07) is 9.80. The molecule has 1 aromatic carbocycles. The SMILES string of the molecule is Cc1ccsc1/C=N\NC(=O)CNS(=O)(=O)c1ccccc1. The van der Waals surface area contributed by atoms with Crippen LogP contribution in [0.1, 0.15) is 10.4 Å². The monoisotopic (exact) mass is 337 g/mol. The molecule has 0 saturated carbocycles. The van der Waals surface area contributed by atoms with Gasteiger partial charge in [0, 0.05) is 4.88 Å². The lowest BCUT2D eigenvalue weighted by Crippen LogP contribution is -2.34. The molecular formula is C14H15N3O3S2. The molecule has 2 N–H and O–H groups in total. The van der Waals surface area contributed by atoms with Gasteiger partial charge in [-0.15, -0.1) is 11.3 Å². The number of hydrazone groups is 1. The van der Waals surface area contributed by atoms with Crippen molar-refractivity contribution in [3.05, 3.63) is 52.2 Å². The number of nitrogens with one attached hydrogen (secondary N) is 2. The fourth-order valence-corrected chi connectivity index (χ4v) is 3.35. The van der Waals surface area contributed by atoms with Crippen LogP contribution in [0.4, 0.5) is 0 Å². The molecule has 0 radical (unpaired) electrons. The molecule has 0 aliphatic rings. The van der Waals surface area contributed by atoms with Gasteiger partial charge in [-0.1, -0.05) is 18.2 Å². The van der Waals surface area contributed by atoms with E-state index in [9.17, 15) is 13.2 Å². The van der Waals surface area contributed by atoms with E-state index >= 15 is 0 Å². The number of rotatable bonds is 6. The first-order valence-electron chi connectivity index (χ1n) is 6.40. The van der Waals surface area contributed by atoms with Crippen molar-refractivity contribution in [1.29, 1.82) is 0 Å². The van der Waals surface area contributed by atoms with E-state index in [1.54, 1.807) is 18.2 Å². The maximum absolute atomic E-state index is 11.9. The Morgan fingerprint density at radius 1 is 1.27 bits per heavy atom. The fraction of sp³-hybridized carbons (Fsp3) is 0.143. The molecule has 22 heavy (non-hydrogen) atoms. The molecule has 6 nitrogen and oxygen atoms in total. The molecule has 2 rings (SSSR count). The number of nitrogens with zero attached hydrogens (tertiary/aromatic N) is 1. The fourth-order valence-electron chi connectivity index (χ4n) is 1.56. The Bertz CT molecular complexity index is 768. The van der Waals surface area contributed by atoms with Gasteiger partial charge in [0.25, 0.3) is 5.91 Å². The lowest BCUT2D eigenvalue weighted by molar-refractivity contribution is -0.119. The van der Waals surface area contributed by atoms with Gasteiger partial charge in [0.15, 0.2) is 0 Å². The van der Waals surface area contributed by atoms with E-state index in [0.717, 1.165) is 10.4 Å². The Morgan fingerprint density at radius 3 is 2.64 bits per heavy atom. The molecule has 0 atom stereocenters. The van der Waals surface area contributed by atoms with Crippen molar-refractivity contribution in [2.75, 3.05) is 6.54 Å². The van der Waals surface area contributed by atoms with Crippen molar-refractivity contribution in [2.45, 2.75) is 11.8 Å². The molecule has 1 amide bonds. The van der Waals surface area contributed by atoms with Gasteiger partial charge >= 0.3 is 0 Å². The van der Waals surface area contributed by atoms with E-state index in [1.807, 2.05) is 18.4 Å². The maximum atomic E-state index is 11.9. The summed E-state index contributed by atoms with van der Waals surface area (Å²) in [4.78, 5) is 12.6. The molecule has 1 heterocycles. The number of amides is 1. The van der Waals surface area contributed by atoms with Crippen LogP contribution < -0.4 is 10.1 Å². The lowest BCUT2D eigenvalue weighted by Gasteiger charge is -2.05. The highest BCUT2D eigenvalue weighted by atomic mass is 32.2. The second-order valence-corrected chi connectivity index (χ2v) is 7.11. The molecule has 0 aliphatic heterocycles. The Morgan fingerprint density at radius 2 is 2.00 bits per heavy atom. The number of sulfonamides is 1. The number of carbonyl (C=O) groups excluding carboxylic acids is 1. The quantitative estimate of drug-likeness (QED) is 0.618. The van der Waals surface area contributed by atoms with Crippen LogP contribution in [-0.4, -0.2) is 27.1 Å². The molecule has 0 spiro atoms. The summed E-state index contributed by atoms with van der Waals surface area (Å²) >= 11 is 1.50. The van der Waals surface area contributed by atoms with E-state index in [0.29, 0.717) is 0 Å². The number of thiophene rings is 1. The van der Waals surface area contributed by atoms with E-state index in [1.165, 1.54) is 29.7 Å². The number of benzene rings is 1. The second kappa shape index (κ2) is 7.30. The molecule has 8 heteroatoms. The van der Waals surface area contributed by atoms with Crippen LogP contribution in [0.25, 0.3) is 0 Å². The zero-order chi connectivity index (χ0) is 16.0. The summed E-state index contributed by atoms with van der Waals surface area (Å²) in [5, 5.41) is 5.72. The Kier molecular flexibility index (Phi) is 5.42. The number of carbonyl (C=O) groups is 1. The van der Waals surface area contributed by atoms with Crippen LogP contribution >= 0.6 is 11.3 Å². The molecule has 0 fully saturated rings. The second-order valence-electron chi connectivity index (χ2n) is 4.40. The molecular weight excluding hydrogens is 322 g/mol. The zero-order valence-electron chi connectivity index (χ0n) is 11.8. The van der Waals surface area contributed by atoms with Crippen molar-refractivity contribution in [3.63, 3.8) is 0 Å². The van der Waals surface area contributed by atoms with E-state index < -0.39 is 15.9 Å². The minimum absolute atomic E-state index is 0.112. The minimum atomic E-state index is -3.69. The topological polar surface area (TPSA) is 87.6 Å². The lowest BCUT2D eigenvalue weighted by atomic mass is 10.3. The van der Waals surface area contributed by atoms with Crippen LogP contribution in [-0.2, 0) is 14.8 Å². The van der Waals surface area contributed by atoms with Gasteiger partial charge < -0.3 is 0 Å². The summed E-state index contributed by atoms with van der Waals surface area (Å²) in [6.45, 7) is 1.56. The number of aryl methyl sites for hydroxylation is 1. The van der Waals surface area contributed by atoms with Gasteiger partial charge in [-0.05, 0) is 36.1 Å². The first-order chi connectivity index (χ1) is 10.5. The van der Waals surface area contributed by atoms with Crippen molar-refractivity contribution in [3.8, 4) is 0 Å². The number of hydrogen-bond donors (Lipinski definition) is 2. The largest absolute Gasteiger partial charge is 0.272 e. The van der Waals surface area contributed by atoms with Crippen LogP contribution in [0.2, 0.25) is 0 Å². The predicted octanol–water partition coefficient (Wildman–Crippen LogP) is 1.49. The molecule has 0 aliphatic carbocycles. The third kappa shape index (κ3) is 4.48. The van der Waals surface area contributed by atoms with Gasteiger partial charge in [-0.25, -0.2) is 18.6 Å². The van der Waals surface area contributed by atoms with Gasteiger partial charge in [0.1, 0.15) is 0 Å².